The average molecular weight is 533 g/mol. The van der Waals surface area contributed by atoms with Crippen molar-refractivity contribution < 1.29 is 19.2 Å². The molecule has 170 valence electrons. The monoisotopic (exact) mass is 531 g/mol. The minimum atomic E-state index is -0.533. The zero-order valence-corrected chi connectivity index (χ0v) is 19.8. The highest BCUT2D eigenvalue weighted by Gasteiger charge is 2.12. The number of nitro groups is 1. The van der Waals surface area contributed by atoms with Gasteiger partial charge in [0.05, 0.1) is 17.7 Å². The van der Waals surface area contributed by atoms with Crippen LogP contribution in [0.5, 0.6) is 11.5 Å². The van der Waals surface area contributed by atoms with Crippen molar-refractivity contribution >= 4 is 45.3 Å². The summed E-state index contributed by atoms with van der Waals surface area (Å²) in [6, 6.07) is 16.1. The number of non-ortho nitro benzene ring substituents is 1. The number of ether oxygens (including phenoxy) is 2. The van der Waals surface area contributed by atoms with Gasteiger partial charge in [-0.2, -0.15) is 5.10 Å². The van der Waals surface area contributed by atoms with Gasteiger partial charge in [0, 0.05) is 38.3 Å². The molecule has 0 saturated carbocycles. The first-order valence-corrected chi connectivity index (χ1v) is 11.0. The summed E-state index contributed by atoms with van der Waals surface area (Å²) in [6.45, 7) is 2.56. The number of rotatable bonds is 9. The lowest BCUT2D eigenvalue weighted by atomic mass is 10.2. The average Bonchev–Trinajstić information content (AvgIpc) is 2.81. The number of nitro benzene ring substituents is 1. The van der Waals surface area contributed by atoms with Crippen molar-refractivity contribution in [3.8, 4) is 11.5 Å². The molecule has 0 bridgehead atoms. The molecule has 3 rings (SSSR count). The van der Waals surface area contributed by atoms with E-state index in [4.69, 9.17) is 21.1 Å². The van der Waals surface area contributed by atoms with E-state index in [9.17, 15) is 14.9 Å². The van der Waals surface area contributed by atoms with Crippen molar-refractivity contribution in [1.29, 1.82) is 0 Å². The number of carbonyl (C=O) groups is 1. The fourth-order valence-corrected chi connectivity index (χ4v) is 3.38. The molecule has 0 aliphatic rings. The van der Waals surface area contributed by atoms with Gasteiger partial charge in [-0.1, -0.05) is 29.8 Å². The molecule has 1 N–H and O–H groups in total. The molecule has 0 radical (unpaired) electrons. The van der Waals surface area contributed by atoms with E-state index in [0.717, 1.165) is 5.56 Å². The number of nitrogens with zero attached hydrogens (tertiary/aromatic N) is 2. The number of hydrazone groups is 1. The smallest absolute Gasteiger partial charge is 0.271 e. The second-order valence-electron chi connectivity index (χ2n) is 6.64. The van der Waals surface area contributed by atoms with E-state index in [2.05, 4.69) is 26.5 Å². The predicted molar refractivity (Wildman–Crippen MR) is 129 cm³/mol. The fourth-order valence-electron chi connectivity index (χ4n) is 2.76. The van der Waals surface area contributed by atoms with Gasteiger partial charge in [-0.25, -0.2) is 5.43 Å². The third-order valence-electron chi connectivity index (χ3n) is 4.41. The Kier molecular flexibility index (Phi) is 8.39. The van der Waals surface area contributed by atoms with E-state index >= 15 is 0 Å². The van der Waals surface area contributed by atoms with E-state index in [0.29, 0.717) is 33.2 Å². The van der Waals surface area contributed by atoms with Gasteiger partial charge in [-0.3, -0.25) is 14.9 Å². The molecule has 3 aromatic rings. The second-order valence-corrected chi connectivity index (χ2v) is 7.90. The minimum absolute atomic E-state index is 0.0979. The summed E-state index contributed by atoms with van der Waals surface area (Å²) in [6.07, 6.45) is 1.45. The Morgan fingerprint density at radius 3 is 2.52 bits per heavy atom. The van der Waals surface area contributed by atoms with Crippen molar-refractivity contribution in [2.75, 3.05) is 6.61 Å². The van der Waals surface area contributed by atoms with Crippen LogP contribution in [0.4, 0.5) is 5.69 Å². The van der Waals surface area contributed by atoms with Gasteiger partial charge in [0.15, 0.2) is 11.5 Å². The summed E-state index contributed by atoms with van der Waals surface area (Å²) in [5, 5.41) is 15.3. The lowest BCUT2D eigenvalue weighted by Crippen LogP contribution is -2.17. The number of halogens is 2. The van der Waals surface area contributed by atoms with Crippen molar-refractivity contribution in [3.63, 3.8) is 0 Å². The molecule has 3 aromatic carbocycles. The highest BCUT2D eigenvalue weighted by Crippen LogP contribution is 2.34. The standard InChI is InChI=1S/C23H19BrClN3O5/c1-2-32-21-11-17(13-26-27-23(29)15-7-9-18(10-8-15)28(30)31)19(24)12-22(21)33-14-16-5-3-4-6-20(16)25/h3-13H,2,14H2,1H3,(H,27,29)/b26-13-. The summed E-state index contributed by atoms with van der Waals surface area (Å²) in [5.41, 5.74) is 4.03. The largest absolute Gasteiger partial charge is 0.490 e. The molecule has 0 heterocycles. The van der Waals surface area contributed by atoms with Crippen LogP contribution >= 0.6 is 27.5 Å². The summed E-state index contributed by atoms with van der Waals surface area (Å²) < 4.78 is 12.3. The van der Waals surface area contributed by atoms with E-state index in [1.54, 1.807) is 18.2 Å². The zero-order valence-electron chi connectivity index (χ0n) is 17.5. The lowest BCUT2D eigenvalue weighted by Gasteiger charge is -2.14. The molecule has 0 unspecified atom stereocenters. The van der Waals surface area contributed by atoms with Gasteiger partial charge in [-0.15, -0.1) is 0 Å². The molecule has 0 spiro atoms. The maximum absolute atomic E-state index is 12.2. The fraction of sp³-hybridized carbons (Fsp3) is 0.130. The molecule has 1 amide bonds. The van der Waals surface area contributed by atoms with Crippen molar-refractivity contribution in [1.82, 2.24) is 5.43 Å². The van der Waals surface area contributed by atoms with Crippen molar-refractivity contribution in [3.05, 3.63) is 97.0 Å². The van der Waals surface area contributed by atoms with Crippen LogP contribution in [0.1, 0.15) is 28.4 Å². The third-order valence-corrected chi connectivity index (χ3v) is 5.47. The molecule has 10 heteroatoms. The Balaban J connectivity index is 1.71. The number of carbonyl (C=O) groups excluding carboxylic acids is 1. The first-order chi connectivity index (χ1) is 15.9. The Morgan fingerprint density at radius 1 is 1.15 bits per heavy atom. The summed E-state index contributed by atoms with van der Waals surface area (Å²) in [5.74, 6) is 0.536. The van der Waals surface area contributed by atoms with Crippen molar-refractivity contribution in [2.45, 2.75) is 13.5 Å². The zero-order chi connectivity index (χ0) is 23.8. The highest BCUT2D eigenvalue weighted by atomic mass is 79.9. The Labute approximate surface area is 203 Å². The summed E-state index contributed by atoms with van der Waals surface area (Å²) in [4.78, 5) is 22.4. The molecule has 33 heavy (non-hydrogen) atoms. The lowest BCUT2D eigenvalue weighted by molar-refractivity contribution is -0.384. The molecule has 0 fully saturated rings. The first kappa shape index (κ1) is 24.2. The Morgan fingerprint density at radius 2 is 1.85 bits per heavy atom. The number of nitrogens with one attached hydrogen (secondary N) is 1. The van der Waals surface area contributed by atoms with Crippen LogP contribution in [0.25, 0.3) is 0 Å². The molecular weight excluding hydrogens is 514 g/mol. The van der Waals surface area contributed by atoms with Gasteiger partial charge in [0.25, 0.3) is 11.6 Å². The maximum atomic E-state index is 12.2. The van der Waals surface area contributed by atoms with Crippen LogP contribution in [0.2, 0.25) is 5.02 Å². The van der Waals surface area contributed by atoms with Crippen LogP contribution in [0.3, 0.4) is 0 Å². The molecule has 0 aliphatic heterocycles. The normalized spacial score (nSPS) is 10.8. The number of hydrogen-bond donors (Lipinski definition) is 1. The quantitative estimate of drug-likeness (QED) is 0.215. The highest BCUT2D eigenvalue weighted by molar-refractivity contribution is 9.10. The summed E-state index contributed by atoms with van der Waals surface area (Å²) in [7, 11) is 0. The maximum Gasteiger partial charge on any atom is 0.271 e. The molecule has 8 nitrogen and oxygen atoms in total. The number of amides is 1. The van der Waals surface area contributed by atoms with Crippen LogP contribution in [0, 0.1) is 10.1 Å². The second kappa shape index (κ2) is 11.4. The molecule has 0 aliphatic carbocycles. The Bertz CT molecular complexity index is 1190. The van der Waals surface area contributed by atoms with Gasteiger partial charge in [0.1, 0.15) is 6.61 Å². The van der Waals surface area contributed by atoms with Gasteiger partial charge >= 0.3 is 0 Å². The molecule has 0 aromatic heterocycles. The minimum Gasteiger partial charge on any atom is -0.490 e. The van der Waals surface area contributed by atoms with Crippen LogP contribution in [-0.4, -0.2) is 23.7 Å². The van der Waals surface area contributed by atoms with Crippen LogP contribution in [0.15, 0.2) is 70.2 Å². The van der Waals surface area contributed by atoms with Crippen LogP contribution in [-0.2, 0) is 6.61 Å². The SMILES string of the molecule is CCOc1cc(/C=N\NC(=O)c2ccc([N+](=O)[O-])cc2)c(Br)cc1OCc1ccccc1Cl. The molecule has 0 atom stereocenters. The topological polar surface area (TPSA) is 103 Å². The van der Waals surface area contributed by atoms with Gasteiger partial charge in [-0.05, 0) is 53.2 Å². The van der Waals surface area contributed by atoms with E-state index in [1.807, 2.05) is 25.1 Å². The molecular formula is C23H19BrClN3O5. The molecule has 0 saturated heterocycles. The Hall–Kier alpha value is -3.43. The van der Waals surface area contributed by atoms with E-state index < -0.39 is 10.8 Å². The van der Waals surface area contributed by atoms with Gasteiger partial charge < -0.3 is 9.47 Å². The van der Waals surface area contributed by atoms with E-state index in [-0.39, 0.29) is 17.9 Å². The first-order valence-electron chi connectivity index (χ1n) is 9.79. The third kappa shape index (κ3) is 6.53. The number of hydrogen-bond acceptors (Lipinski definition) is 6. The van der Waals surface area contributed by atoms with Gasteiger partial charge in [0.2, 0.25) is 0 Å². The van der Waals surface area contributed by atoms with E-state index in [1.165, 1.54) is 30.5 Å². The van der Waals surface area contributed by atoms with Crippen LogP contribution < -0.4 is 14.9 Å². The predicted octanol–water partition coefficient (Wildman–Crippen LogP) is 5.75. The van der Waals surface area contributed by atoms with Crippen molar-refractivity contribution in [2.24, 2.45) is 5.10 Å². The number of benzene rings is 3. The summed E-state index contributed by atoms with van der Waals surface area (Å²) >= 11 is 9.67.